The smallest absolute Gasteiger partial charge is 0.240 e. The molecule has 19 heavy (non-hydrogen) atoms. The number of hydrogen-bond donors (Lipinski definition) is 1. The zero-order valence-electron chi connectivity index (χ0n) is 11.2. The van der Waals surface area contributed by atoms with Crippen LogP contribution in [0, 0.1) is 12.7 Å². The Hall–Kier alpha value is -1.42. The highest BCUT2D eigenvalue weighted by Crippen LogP contribution is 2.36. The van der Waals surface area contributed by atoms with Crippen LogP contribution in [-0.2, 0) is 11.3 Å². The summed E-state index contributed by atoms with van der Waals surface area (Å²) in [6.45, 7) is 4.23. The van der Waals surface area contributed by atoms with E-state index in [2.05, 4.69) is 10.2 Å². The van der Waals surface area contributed by atoms with Gasteiger partial charge in [0.1, 0.15) is 11.4 Å². The zero-order chi connectivity index (χ0) is 13.5. The van der Waals surface area contributed by atoms with Crippen molar-refractivity contribution >= 4 is 5.91 Å². The Bertz CT molecular complexity index is 513. The van der Waals surface area contributed by atoms with Crippen LogP contribution in [0.25, 0.3) is 0 Å². The molecular weight excluding hydrogens is 243 g/mol. The maximum Gasteiger partial charge on any atom is 0.240 e. The van der Waals surface area contributed by atoms with Crippen LogP contribution in [0.1, 0.15) is 30.4 Å². The molecule has 2 fully saturated rings. The van der Waals surface area contributed by atoms with E-state index in [-0.39, 0.29) is 17.3 Å². The first-order chi connectivity index (χ1) is 9.12. The predicted molar refractivity (Wildman–Crippen MR) is 71.1 cm³/mol. The van der Waals surface area contributed by atoms with Crippen LogP contribution in [-0.4, -0.2) is 29.4 Å². The highest BCUT2D eigenvalue weighted by molar-refractivity contribution is 5.88. The third kappa shape index (κ3) is 2.04. The van der Waals surface area contributed by atoms with Gasteiger partial charge in [0.15, 0.2) is 0 Å². The van der Waals surface area contributed by atoms with Gasteiger partial charge < -0.3 is 5.32 Å². The second kappa shape index (κ2) is 4.60. The Morgan fingerprint density at radius 3 is 2.95 bits per heavy atom. The van der Waals surface area contributed by atoms with Gasteiger partial charge in [0, 0.05) is 13.1 Å². The van der Waals surface area contributed by atoms with Gasteiger partial charge in [-0.1, -0.05) is 12.1 Å². The van der Waals surface area contributed by atoms with Crippen LogP contribution in [0.4, 0.5) is 4.39 Å². The molecule has 102 valence electrons. The lowest BCUT2D eigenvalue weighted by Crippen LogP contribution is -2.49. The van der Waals surface area contributed by atoms with Gasteiger partial charge in [-0.05, 0) is 49.9 Å². The topological polar surface area (TPSA) is 32.3 Å². The molecule has 1 N–H and O–H groups in total. The average molecular weight is 262 g/mol. The van der Waals surface area contributed by atoms with E-state index in [1.807, 2.05) is 12.1 Å². The highest BCUT2D eigenvalue weighted by atomic mass is 19.1. The first-order valence-electron chi connectivity index (χ1n) is 6.90. The van der Waals surface area contributed by atoms with Crippen molar-refractivity contribution in [3.63, 3.8) is 0 Å². The van der Waals surface area contributed by atoms with Gasteiger partial charge in [-0.3, -0.25) is 9.69 Å². The minimum absolute atomic E-state index is 0.168. The molecule has 0 bridgehead atoms. The number of aryl methyl sites for hydroxylation is 1. The molecule has 0 aliphatic carbocycles. The molecule has 4 heteroatoms. The van der Waals surface area contributed by atoms with Crippen LogP contribution in [0.5, 0.6) is 0 Å². The largest absolute Gasteiger partial charge is 0.354 e. The Morgan fingerprint density at radius 1 is 1.42 bits per heavy atom. The van der Waals surface area contributed by atoms with E-state index in [1.54, 1.807) is 6.92 Å². The van der Waals surface area contributed by atoms with Crippen molar-refractivity contribution in [1.29, 1.82) is 0 Å². The second-order valence-electron chi connectivity index (χ2n) is 5.65. The number of carbonyl (C=O) groups excluding carboxylic acids is 1. The van der Waals surface area contributed by atoms with Gasteiger partial charge in [0.2, 0.25) is 5.91 Å². The summed E-state index contributed by atoms with van der Waals surface area (Å²) in [5.41, 5.74) is 1.45. The summed E-state index contributed by atoms with van der Waals surface area (Å²) in [5.74, 6) is 0.00216. The number of amides is 1. The summed E-state index contributed by atoms with van der Waals surface area (Å²) < 4.78 is 13.3. The van der Waals surface area contributed by atoms with Gasteiger partial charge in [-0.2, -0.15) is 0 Å². The van der Waals surface area contributed by atoms with E-state index in [9.17, 15) is 9.18 Å². The molecule has 0 aromatic heterocycles. The van der Waals surface area contributed by atoms with E-state index in [4.69, 9.17) is 0 Å². The third-order valence-corrected chi connectivity index (χ3v) is 4.47. The van der Waals surface area contributed by atoms with Crippen molar-refractivity contribution in [3.05, 3.63) is 35.1 Å². The quantitative estimate of drug-likeness (QED) is 0.884. The number of benzene rings is 1. The molecule has 1 spiro atoms. The van der Waals surface area contributed by atoms with Crippen LogP contribution in [0.2, 0.25) is 0 Å². The number of halogens is 1. The van der Waals surface area contributed by atoms with Crippen LogP contribution < -0.4 is 5.32 Å². The predicted octanol–water partition coefficient (Wildman–Crippen LogP) is 1.99. The molecule has 1 aromatic carbocycles. The fourth-order valence-electron chi connectivity index (χ4n) is 3.39. The van der Waals surface area contributed by atoms with Gasteiger partial charge in [0.25, 0.3) is 0 Å². The molecule has 3 nitrogen and oxygen atoms in total. The standard InChI is InChI=1S/C15H19FN2O/c1-11-9-12(3-4-13(11)16)10-18-8-2-5-15(18)6-7-17-14(15)19/h3-4,9H,2,5-8,10H2,1H3,(H,17,19). The summed E-state index contributed by atoms with van der Waals surface area (Å²) in [4.78, 5) is 14.4. The Morgan fingerprint density at radius 2 is 2.26 bits per heavy atom. The van der Waals surface area contributed by atoms with E-state index >= 15 is 0 Å². The van der Waals surface area contributed by atoms with E-state index < -0.39 is 0 Å². The fraction of sp³-hybridized carbons (Fsp3) is 0.533. The van der Waals surface area contributed by atoms with Gasteiger partial charge >= 0.3 is 0 Å². The zero-order valence-corrected chi connectivity index (χ0v) is 11.2. The number of rotatable bonds is 2. The summed E-state index contributed by atoms with van der Waals surface area (Å²) in [6, 6.07) is 5.22. The number of nitrogens with one attached hydrogen (secondary N) is 1. The minimum atomic E-state index is -0.303. The molecule has 2 heterocycles. The summed E-state index contributed by atoms with van der Waals surface area (Å²) in [7, 11) is 0. The Balaban J connectivity index is 1.82. The summed E-state index contributed by atoms with van der Waals surface area (Å²) >= 11 is 0. The Kier molecular flexibility index (Phi) is 3.05. The molecule has 1 amide bonds. The SMILES string of the molecule is Cc1cc(CN2CCCC23CCNC3=O)ccc1F. The van der Waals surface area contributed by atoms with Crippen molar-refractivity contribution in [2.45, 2.75) is 38.3 Å². The number of nitrogens with zero attached hydrogens (tertiary/aromatic N) is 1. The van der Waals surface area contributed by atoms with Crippen LogP contribution in [0.3, 0.4) is 0 Å². The number of likely N-dealkylation sites (tertiary alicyclic amines) is 1. The van der Waals surface area contributed by atoms with E-state index in [0.29, 0.717) is 5.56 Å². The first-order valence-corrected chi connectivity index (χ1v) is 6.90. The van der Waals surface area contributed by atoms with Crippen molar-refractivity contribution in [2.24, 2.45) is 0 Å². The lowest BCUT2D eigenvalue weighted by molar-refractivity contribution is -0.128. The molecule has 2 aliphatic rings. The highest BCUT2D eigenvalue weighted by Gasteiger charge is 2.49. The van der Waals surface area contributed by atoms with Crippen LogP contribution in [0.15, 0.2) is 18.2 Å². The lowest BCUT2D eigenvalue weighted by Gasteiger charge is -2.32. The van der Waals surface area contributed by atoms with Crippen molar-refractivity contribution < 1.29 is 9.18 Å². The maximum absolute atomic E-state index is 13.3. The summed E-state index contributed by atoms with van der Waals surface area (Å²) in [5, 5.41) is 2.95. The van der Waals surface area contributed by atoms with Gasteiger partial charge in [0.05, 0.1) is 0 Å². The fourth-order valence-corrected chi connectivity index (χ4v) is 3.39. The average Bonchev–Trinajstić information content (AvgIpc) is 2.94. The van der Waals surface area contributed by atoms with Gasteiger partial charge in [-0.25, -0.2) is 4.39 Å². The molecule has 2 saturated heterocycles. The van der Waals surface area contributed by atoms with E-state index in [0.717, 1.165) is 44.5 Å². The number of hydrogen-bond acceptors (Lipinski definition) is 2. The third-order valence-electron chi connectivity index (χ3n) is 4.47. The van der Waals surface area contributed by atoms with Crippen LogP contribution >= 0.6 is 0 Å². The van der Waals surface area contributed by atoms with Crippen molar-refractivity contribution in [1.82, 2.24) is 10.2 Å². The normalized spacial score (nSPS) is 27.2. The molecule has 1 unspecified atom stereocenters. The molecule has 2 aliphatic heterocycles. The molecule has 0 saturated carbocycles. The second-order valence-corrected chi connectivity index (χ2v) is 5.65. The molecular formula is C15H19FN2O. The molecule has 3 rings (SSSR count). The van der Waals surface area contributed by atoms with Crippen molar-refractivity contribution in [3.8, 4) is 0 Å². The Labute approximate surface area is 112 Å². The lowest BCUT2D eigenvalue weighted by atomic mass is 9.94. The summed E-state index contributed by atoms with van der Waals surface area (Å²) in [6.07, 6.45) is 2.90. The van der Waals surface area contributed by atoms with E-state index in [1.165, 1.54) is 6.07 Å². The maximum atomic E-state index is 13.3. The molecule has 1 atom stereocenters. The van der Waals surface area contributed by atoms with Crippen molar-refractivity contribution in [2.75, 3.05) is 13.1 Å². The molecule has 0 radical (unpaired) electrons. The monoisotopic (exact) mass is 262 g/mol. The first kappa shape index (κ1) is 12.6. The number of carbonyl (C=O) groups is 1. The minimum Gasteiger partial charge on any atom is -0.354 e. The van der Waals surface area contributed by atoms with Gasteiger partial charge in [-0.15, -0.1) is 0 Å². The molecule has 1 aromatic rings.